The molecule has 0 atom stereocenters. The van der Waals surface area contributed by atoms with E-state index in [9.17, 15) is 9.59 Å². The topological polar surface area (TPSA) is 102 Å². The fourth-order valence-corrected chi connectivity index (χ4v) is 3.85. The summed E-state index contributed by atoms with van der Waals surface area (Å²) in [6, 6.07) is 9.03. The third-order valence-corrected chi connectivity index (χ3v) is 5.53. The quantitative estimate of drug-likeness (QED) is 0.490. The van der Waals surface area contributed by atoms with Gasteiger partial charge in [-0.15, -0.1) is 0 Å². The van der Waals surface area contributed by atoms with Gasteiger partial charge in [0.15, 0.2) is 5.58 Å². The summed E-state index contributed by atoms with van der Waals surface area (Å²) >= 11 is 0. The third-order valence-electron chi connectivity index (χ3n) is 5.53. The Hall–Kier alpha value is -3.95. The van der Waals surface area contributed by atoms with E-state index in [0.29, 0.717) is 37.3 Å². The molecule has 1 fully saturated rings. The Balaban J connectivity index is 1.26. The van der Waals surface area contributed by atoms with Gasteiger partial charge in [-0.1, -0.05) is 12.1 Å². The maximum atomic E-state index is 12.8. The van der Waals surface area contributed by atoms with Gasteiger partial charge in [0.2, 0.25) is 5.91 Å². The second-order valence-electron chi connectivity index (χ2n) is 7.37. The highest BCUT2D eigenvalue weighted by molar-refractivity contribution is 5.79. The van der Waals surface area contributed by atoms with Gasteiger partial charge in [0.25, 0.3) is 0 Å². The molecule has 3 aromatic heterocycles. The Morgan fingerprint density at radius 3 is 2.61 bits per heavy atom. The molecule has 10 nitrogen and oxygen atoms in total. The van der Waals surface area contributed by atoms with Crippen molar-refractivity contribution in [3.8, 4) is 5.82 Å². The normalized spacial score (nSPS) is 14.4. The second kappa shape index (κ2) is 7.71. The Bertz CT molecular complexity index is 1300. The maximum Gasteiger partial charge on any atom is 0.420 e. The highest BCUT2D eigenvalue weighted by Gasteiger charge is 2.24. The summed E-state index contributed by atoms with van der Waals surface area (Å²) < 4.78 is 8.50. The fraction of sp³-hybridized carbons (Fsp3) is 0.286. The Labute approximate surface area is 177 Å². The van der Waals surface area contributed by atoms with Crippen molar-refractivity contribution in [2.24, 2.45) is 0 Å². The van der Waals surface area contributed by atoms with Gasteiger partial charge in [-0.3, -0.25) is 13.9 Å². The maximum absolute atomic E-state index is 12.8. The van der Waals surface area contributed by atoms with Crippen LogP contribution in [0.15, 0.2) is 58.3 Å². The minimum atomic E-state index is -0.517. The van der Waals surface area contributed by atoms with Crippen LogP contribution < -0.4 is 10.7 Å². The number of para-hydroxylation sites is 2. The predicted octanol–water partition coefficient (Wildman–Crippen LogP) is 1.23. The first-order chi connectivity index (χ1) is 15.1. The lowest BCUT2D eigenvalue weighted by Gasteiger charge is -2.35. The summed E-state index contributed by atoms with van der Waals surface area (Å²) in [4.78, 5) is 41.8. The number of imidazole rings is 1. The van der Waals surface area contributed by atoms with Crippen molar-refractivity contribution >= 4 is 22.8 Å². The lowest BCUT2D eigenvalue weighted by Crippen LogP contribution is -2.50. The van der Waals surface area contributed by atoms with Gasteiger partial charge in [0.05, 0.1) is 5.52 Å². The summed E-state index contributed by atoms with van der Waals surface area (Å²) in [5.41, 5.74) is 1.11. The summed E-state index contributed by atoms with van der Waals surface area (Å²) in [7, 11) is 0. The van der Waals surface area contributed by atoms with Crippen molar-refractivity contribution in [3.63, 3.8) is 0 Å². The smallest absolute Gasteiger partial charge is 0.408 e. The summed E-state index contributed by atoms with van der Waals surface area (Å²) in [5.74, 6) is 1.79. The number of oxazole rings is 1. The van der Waals surface area contributed by atoms with E-state index in [1.54, 1.807) is 29.3 Å². The number of hydrogen-bond donors (Lipinski definition) is 0. The van der Waals surface area contributed by atoms with Crippen molar-refractivity contribution in [1.29, 1.82) is 0 Å². The zero-order chi connectivity index (χ0) is 21.4. The first-order valence-corrected chi connectivity index (χ1v) is 10.0. The summed E-state index contributed by atoms with van der Waals surface area (Å²) in [6.07, 6.45) is 5.13. The molecule has 4 aromatic rings. The largest absolute Gasteiger partial charge is 0.420 e. The number of carbonyl (C=O) groups excluding carboxylic acids is 1. The van der Waals surface area contributed by atoms with E-state index in [0.717, 1.165) is 17.5 Å². The van der Waals surface area contributed by atoms with Gasteiger partial charge in [-0.05, 0) is 19.1 Å². The molecule has 1 aliphatic heterocycles. The number of nitrogens with zero attached hydrogens (tertiary/aromatic N) is 7. The minimum Gasteiger partial charge on any atom is -0.408 e. The monoisotopic (exact) mass is 419 g/mol. The molecule has 0 aliphatic carbocycles. The number of piperazine rings is 1. The molecule has 5 rings (SSSR count). The van der Waals surface area contributed by atoms with E-state index in [1.165, 1.54) is 10.9 Å². The van der Waals surface area contributed by atoms with Gasteiger partial charge >= 0.3 is 5.76 Å². The van der Waals surface area contributed by atoms with Gasteiger partial charge in [-0.25, -0.2) is 19.7 Å². The van der Waals surface area contributed by atoms with E-state index in [2.05, 4.69) is 19.9 Å². The van der Waals surface area contributed by atoms with E-state index < -0.39 is 5.76 Å². The molecular weight excluding hydrogens is 398 g/mol. The standard InChI is InChI=1S/C21H21N7O3/c1-15-22-6-7-27(15)19-12-18(23-14-24-19)25-8-10-26(11-9-25)20(29)13-28-16-4-2-3-5-17(16)31-21(28)30/h2-7,12,14H,8-11,13H2,1H3. The average Bonchev–Trinajstić information content (AvgIpc) is 3.37. The van der Waals surface area contributed by atoms with Gasteiger partial charge in [-0.2, -0.15) is 0 Å². The van der Waals surface area contributed by atoms with E-state index in [-0.39, 0.29) is 12.5 Å². The molecule has 4 heterocycles. The molecule has 0 unspecified atom stereocenters. The number of carbonyl (C=O) groups is 1. The zero-order valence-corrected chi connectivity index (χ0v) is 17.0. The van der Waals surface area contributed by atoms with E-state index in [4.69, 9.17) is 4.42 Å². The number of rotatable bonds is 4. The summed E-state index contributed by atoms with van der Waals surface area (Å²) in [5, 5.41) is 0. The lowest BCUT2D eigenvalue weighted by atomic mass is 10.3. The Morgan fingerprint density at radius 1 is 1.06 bits per heavy atom. The van der Waals surface area contributed by atoms with Crippen LogP contribution >= 0.6 is 0 Å². The van der Waals surface area contributed by atoms with Crippen LogP contribution in [0.4, 0.5) is 5.82 Å². The highest BCUT2D eigenvalue weighted by Crippen LogP contribution is 2.17. The molecule has 31 heavy (non-hydrogen) atoms. The molecule has 0 bridgehead atoms. The highest BCUT2D eigenvalue weighted by atomic mass is 16.4. The molecule has 0 saturated carbocycles. The minimum absolute atomic E-state index is 0.0343. The van der Waals surface area contributed by atoms with Crippen LogP contribution in [0.5, 0.6) is 0 Å². The van der Waals surface area contributed by atoms with Crippen molar-refractivity contribution in [3.05, 3.63) is 65.4 Å². The van der Waals surface area contributed by atoms with Crippen LogP contribution in [-0.2, 0) is 11.3 Å². The van der Waals surface area contributed by atoms with Crippen LogP contribution in [0.25, 0.3) is 16.9 Å². The van der Waals surface area contributed by atoms with Crippen molar-refractivity contribution in [2.75, 3.05) is 31.1 Å². The van der Waals surface area contributed by atoms with Crippen LogP contribution in [0, 0.1) is 6.92 Å². The molecule has 1 aromatic carbocycles. The first kappa shape index (κ1) is 19.0. The molecular formula is C21H21N7O3. The third kappa shape index (κ3) is 3.56. The predicted molar refractivity (Wildman–Crippen MR) is 113 cm³/mol. The van der Waals surface area contributed by atoms with Crippen molar-refractivity contribution in [1.82, 2.24) is 29.0 Å². The molecule has 0 radical (unpaired) electrons. The first-order valence-electron chi connectivity index (χ1n) is 10.0. The number of anilines is 1. The zero-order valence-electron chi connectivity index (χ0n) is 17.0. The number of aryl methyl sites for hydroxylation is 1. The molecule has 158 valence electrons. The van der Waals surface area contributed by atoms with Crippen molar-refractivity contribution < 1.29 is 9.21 Å². The average molecular weight is 419 g/mol. The number of hydrogen-bond acceptors (Lipinski definition) is 7. The molecule has 1 amide bonds. The molecule has 10 heteroatoms. The Kier molecular flexibility index (Phi) is 4.73. The number of fused-ring (bicyclic) bond motifs is 1. The molecule has 0 N–H and O–H groups in total. The number of benzene rings is 1. The molecule has 0 spiro atoms. The molecule has 1 saturated heterocycles. The van der Waals surface area contributed by atoms with E-state index >= 15 is 0 Å². The lowest BCUT2D eigenvalue weighted by molar-refractivity contribution is -0.132. The van der Waals surface area contributed by atoms with Gasteiger partial charge < -0.3 is 14.2 Å². The van der Waals surface area contributed by atoms with Crippen molar-refractivity contribution in [2.45, 2.75) is 13.5 Å². The SMILES string of the molecule is Cc1nccn1-c1cc(N2CCN(C(=O)Cn3c(=O)oc4ccccc43)CC2)ncn1. The van der Waals surface area contributed by atoms with Gasteiger partial charge in [0.1, 0.15) is 30.3 Å². The van der Waals surface area contributed by atoms with E-state index in [1.807, 2.05) is 29.8 Å². The van der Waals surface area contributed by atoms with Crippen LogP contribution in [0.2, 0.25) is 0 Å². The summed E-state index contributed by atoms with van der Waals surface area (Å²) in [6.45, 7) is 4.27. The van der Waals surface area contributed by atoms with Crippen LogP contribution in [0.1, 0.15) is 5.82 Å². The molecule has 1 aliphatic rings. The number of aromatic nitrogens is 5. The fourth-order valence-electron chi connectivity index (χ4n) is 3.85. The van der Waals surface area contributed by atoms with Crippen LogP contribution in [0.3, 0.4) is 0 Å². The van der Waals surface area contributed by atoms with Gasteiger partial charge in [0, 0.05) is 44.6 Å². The number of amides is 1. The Morgan fingerprint density at radius 2 is 1.84 bits per heavy atom. The van der Waals surface area contributed by atoms with Crippen LogP contribution in [-0.4, -0.2) is 61.1 Å². The second-order valence-corrected chi connectivity index (χ2v) is 7.37.